The minimum atomic E-state index is -0.495. The second kappa shape index (κ2) is 7.77. The van der Waals surface area contributed by atoms with Crippen molar-refractivity contribution in [3.63, 3.8) is 0 Å². The summed E-state index contributed by atoms with van der Waals surface area (Å²) in [6.07, 6.45) is 0.0912. The van der Waals surface area contributed by atoms with Crippen molar-refractivity contribution >= 4 is 41.6 Å². The zero-order valence-corrected chi connectivity index (χ0v) is 11.6. The Morgan fingerprint density at radius 2 is 2.12 bits per heavy atom. The van der Waals surface area contributed by atoms with Crippen molar-refractivity contribution in [1.29, 1.82) is 0 Å². The third-order valence-corrected chi connectivity index (χ3v) is 2.91. The molecule has 3 nitrogen and oxygen atoms in total. The van der Waals surface area contributed by atoms with Crippen LogP contribution in [0.2, 0.25) is 10.0 Å². The molecule has 1 rings (SSSR count). The fourth-order valence-corrected chi connectivity index (χ4v) is 1.76. The summed E-state index contributed by atoms with van der Waals surface area (Å²) < 4.78 is 4.81. The van der Waals surface area contributed by atoms with Crippen LogP contribution in [-0.4, -0.2) is 12.6 Å². The predicted octanol–water partition coefficient (Wildman–Crippen LogP) is 3.37. The van der Waals surface area contributed by atoms with E-state index in [9.17, 15) is 4.79 Å². The molecule has 96 valence electrons. The average Bonchev–Trinajstić information content (AvgIpc) is 2.22. The SMILES string of the molecule is CCOC(=O)C[C@@H](N)c1cccc(Cl)c1Cl.Cl. The summed E-state index contributed by atoms with van der Waals surface area (Å²) >= 11 is 11.8. The quantitative estimate of drug-likeness (QED) is 0.867. The molecule has 0 saturated heterocycles. The van der Waals surface area contributed by atoms with Gasteiger partial charge < -0.3 is 10.5 Å². The van der Waals surface area contributed by atoms with Gasteiger partial charge in [-0.2, -0.15) is 0 Å². The summed E-state index contributed by atoms with van der Waals surface area (Å²) in [6, 6.07) is 4.67. The lowest BCUT2D eigenvalue weighted by Crippen LogP contribution is -2.17. The molecular formula is C11H14Cl3NO2. The Bertz CT molecular complexity index is 385. The lowest BCUT2D eigenvalue weighted by Gasteiger charge is -2.13. The van der Waals surface area contributed by atoms with E-state index in [4.69, 9.17) is 33.7 Å². The number of nitrogens with two attached hydrogens (primary N) is 1. The molecule has 0 radical (unpaired) electrons. The number of rotatable bonds is 4. The van der Waals surface area contributed by atoms with Crippen molar-refractivity contribution < 1.29 is 9.53 Å². The van der Waals surface area contributed by atoms with Crippen molar-refractivity contribution in [2.24, 2.45) is 5.73 Å². The van der Waals surface area contributed by atoms with E-state index in [1.807, 2.05) is 0 Å². The van der Waals surface area contributed by atoms with Crippen LogP contribution in [0.1, 0.15) is 24.9 Å². The van der Waals surface area contributed by atoms with E-state index in [-0.39, 0.29) is 24.8 Å². The highest BCUT2D eigenvalue weighted by atomic mass is 35.5. The van der Waals surface area contributed by atoms with E-state index in [1.165, 1.54) is 0 Å². The molecule has 0 aliphatic heterocycles. The van der Waals surface area contributed by atoms with Crippen LogP contribution in [0.4, 0.5) is 0 Å². The standard InChI is InChI=1S/C11H13Cl2NO2.ClH/c1-2-16-10(15)6-9(14)7-4-3-5-8(12)11(7)13;/h3-5,9H,2,6,14H2,1H3;1H/t9-;/m1./s1. The molecule has 0 bridgehead atoms. The summed E-state index contributed by atoms with van der Waals surface area (Å²) in [4.78, 5) is 11.2. The lowest BCUT2D eigenvalue weighted by atomic mass is 10.0. The number of hydrogen-bond acceptors (Lipinski definition) is 3. The van der Waals surface area contributed by atoms with Gasteiger partial charge in [-0.15, -0.1) is 12.4 Å². The van der Waals surface area contributed by atoms with Gasteiger partial charge in [0.2, 0.25) is 0 Å². The minimum absolute atomic E-state index is 0. The Labute approximate surface area is 117 Å². The summed E-state index contributed by atoms with van der Waals surface area (Å²) in [6.45, 7) is 2.09. The maximum Gasteiger partial charge on any atom is 0.307 e. The van der Waals surface area contributed by atoms with E-state index in [0.717, 1.165) is 0 Å². The fourth-order valence-electron chi connectivity index (χ4n) is 1.32. The molecule has 0 spiro atoms. The Hall–Kier alpha value is -0.480. The number of carbonyl (C=O) groups excluding carboxylic acids is 1. The Morgan fingerprint density at radius 3 is 2.71 bits per heavy atom. The molecule has 0 aliphatic carbocycles. The van der Waals surface area contributed by atoms with Crippen molar-refractivity contribution in [1.82, 2.24) is 0 Å². The summed E-state index contributed by atoms with van der Waals surface area (Å²) in [5.74, 6) is -0.342. The predicted molar refractivity (Wildman–Crippen MR) is 71.9 cm³/mol. The molecule has 6 heteroatoms. The van der Waals surface area contributed by atoms with E-state index in [0.29, 0.717) is 22.2 Å². The highest BCUT2D eigenvalue weighted by Gasteiger charge is 2.16. The van der Waals surface area contributed by atoms with Gasteiger partial charge in [-0.25, -0.2) is 0 Å². The van der Waals surface area contributed by atoms with Gasteiger partial charge in [0.25, 0.3) is 0 Å². The van der Waals surface area contributed by atoms with Crippen molar-refractivity contribution in [2.45, 2.75) is 19.4 Å². The van der Waals surface area contributed by atoms with Crippen molar-refractivity contribution in [3.05, 3.63) is 33.8 Å². The van der Waals surface area contributed by atoms with Gasteiger partial charge in [-0.05, 0) is 18.6 Å². The molecule has 17 heavy (non-hydrogen) atoms. The number of benzene rings is 1. The molecule has 0 aromatic heterocycles. The van der Waals surface area contributed by atoms with Gasteiger partial charge in [-0.3, -0.25) is 4.79 Å². The molecular weight excluding hydrogens is 284 g/mol. The van der Waals surface area contributed by atoms with Crippen LogP contribution in [0.15, 0.2) is 18.2 Å². The Kier molecular flexibility index (Phi) is 7.55. The number of carbonyl (C=O) groups is 1. The van der Waals surface area contributed by atoms with E-state index >= 15 is 0 Å². The van der Waals surface area contributed by atoms with Crippen LogP contribution in [0, 0.1) is 0 Å². The highest BCUT2D eigenvalue weighted by molar-refractivity contribution is 6.42. The smallest absolute Gasteiger partial charge is 0.307 e. The third kappa shape index (κ3) is 4.72. The van der Waals surface area contributed by atoms with E-state index in [1.54, 1.807) is 25.1 Å². The number of esters is 1. The first-order valence-electron chi connectivity index (χ1n) is 4.91. The van der Waals surface area contributed by atoms with Crippen LogP contribution in [0.5, 0.6) is 0 Å². The Balaban J connectivity index is 0.00000256. The van der Waals surface area contributed by atoms with Crippen molar-refractivity contribution in [3.8, 4) is 0 Å². The monoisotopic (exact) mass is 297 g/mol. The number of hydrogen-bond donors (Lipinski definition) is 1. The fraction of sp³-hybridized carbons (Fsp3) is 0.364. The number of ether oxygens (including phenoxy) is 1. The second-order valence-corrected chi connectivity index (χ2v) is 4.04. The molecule has 0 amide bonds. The largest absolute Gasteiger partial charge is 0.466 e. The van der Waals surface area contributed by atoms with Crippen molar-refractivity contribution in [2.75, 3.05) is 6.61 Å². The zero-order chi connectivity index (χ0) is 12.1. The van der Waals surface area contributed by atoms with Gasteiger partial charge >= 0.3 is 5.97 Å². The molecule has 0 aliphatic rings. The maximum atomic E-state index is 11.2. The first kappa shape index (κ1) is 16.5. The molecule has 0 unspecified atom stereocenters. The highest BCUT2D eigenvalue weighted by Crippen LogP contribution is 2.30. The topological polar surface area (TPSA) is 52.3 Å². The normalized spacial score (nSPS) is 11.5. The molecule has 1 aromatic carbocycles. The van der Waals surface area contributed by atoms with E-state index in [2.05, 4.69) is 0 Å². The first-order chi connectivity index (χ1) is 7.56. The maximum absolute atomic E-state index is 11.2. The van der Waals surface area contributed by atoms with Crippen LogP contribution in [0.25, 0.3) is 0 Å². The van der Waals surface area contributed by atoms with Gasteiger partial charge in [0.1, 0.15) is 0 Å². The van der Waals surface area contributed by atoms with Crippen LogP contribution >= 0.6 is 35.6 Å². The summed E-state index contributed by atoms with van der Waals surface area (Å²) in [5.41, 5.74) is 6.51. The summed E-state index contributed by atoms with van der Waals surface area (Å²) in [7, 11) is 0. The molecule has 0 fully saturated rings. The molecule has 0 heterocycles. The van der Waals surface area contributed by atoms with Gasteiger partial charge in [0, 0.05) is 6.04 Å². The van der Waals surface area contributed by atoms with Gasteiger partial charge in [0.05, 0.1) is 23.1 Å². The third-order valence-electron chi connectivity index (χ3n) is 2.07. The average molecular weight is 299 g/mol. The van der Waals surface area contributed by atoms with Crippen LogP contribution in [0.3, 0.4) is 0 Å². The van der Waals surface area contributed by atoms with Crippen LogP contribution < -0.4 is 5.73 Å². The zero-order valence-electron chi connectivity index (χ0n) is 9.28. The van der Waals surface area contributed by atoms with Gasteiger partial charge in [0.15, 0.2) is 0 Å². The first-order valence-corrected chi connectivity index (χ1v) is 5.67. The molecule has 1 atom stereocenters. The summed E-state index contributed by atoms with van der Waals surface area (Å²) in [5, 5.41) is 0.819. The van der Waals surface area contributed by atoms with E-state index < -0.39 is 6.04 Å². The number of halogens is 3. The Morgan fingerprint density at radius 1 is 1.47 bits per heavy atom. The lowest BCUT2D eigenvalue weighted by molar-refractivity contribution is -0.143. The minimum Gasteiger partial charge on any atom is -0.466 e. The molecule has 0 saturated carbocycles. The molecule has 2 N–H and O–H groups in total. The van der Waals surface area contributed by atoms with Crippen LogP contribution in [-0.2, 0) is 9.53 Å². The second-order valence-electron chi connectivity index (χ2n) is 3.26. The molecule has 1 aromatic rings. The van der Waals surface area contributed by atoms with Gasteiger partial charge in [-0.1, -0.05) is 35.3 Å².